The number of carbonyl (C=O) groups is 1. The van der Waals surface area contributed by atoms with Crippen molar-refractivity contribution in [2.75, 3.05) is 20.2 Å². The van der Waals surface area contributed by atoms with E-state index < -0.39 is 0 Å². The minimum Gasteiger partial charge on any atom is -0.377 e. The summed E-state index contributed by atoms with van der Waals surface area (Å²) >= 11 is 0. The van der Waals surface area contributed by atoms with Crippen LogP contribution in [0.15, 0.2) is 0 Å². The number of nitrogens with zero attached hydrogens (tertiary/aromatic N) is 1. The first-order valence-electron chi connectivity index (χ1n) is 4.98. The van der Waals surface area contributed by atoms with E-state index in [2.05, 4.69) is 0 Å². The molecule has 0 aromatic heterocycles. The van der Waals surface area contributed by atoms with E-state index in [0.29, 0.717) is 19.1 Å². The molecule has 0 bridgehead atoms. The molecule has 0 saturated heterocycles. The molecule has 1 saturated carbocycles. The van der Waals surface area contributed by atoms with Crippen LogP contribution in [-0.2, 0) is 9.53 Å². The summed E-state index contributed by atoms with van der Waals surface area (Å²) < 4.78 is 5.37. The summed E-state index contributed by atoms with van der Waals surface area (Å²) in [6.45, 7) is 5.37. The first kappa shape index (κ1) is 10.5. The standard InChI is InChI=1S/C10H19NO2/c1-8(2)13-7-6-11(3)10(12)9-4-5-9/h8-9H,4-7H2,1-3H3. The van der Waals surface area contributed by atoms with E-state index in [1.807, 2.05) is 20.9 Å². The summed E-state index contributed by atoms with van der Waals surface area (Å²) in [6, 6.07) is 0. The normalized spacial score (nSPS) is 16.3. The summed E-state index contributed by atoms with van der Waals surface area (Å²) in [5, 5.41) is 0. The van der Waals surface area contributed by atoms with Gasteiger partial charge in [0, 0.05) is 19.5 Å². The van der Waals surface area contributed by atoms with Gasteiger partial charge < -0.3 is 9.64 Å². The van der Waals surface area contributed by atoms with Crippen molar-refractivity contribution in [1.29, 1.82) is 0 Å². The highest BCUT2D eigenvalue weighted by Gasteiger charge is 2.31. The molecular formula is C10H19NO2. The summed E-state index contributed by atoms with van der Waals surface area (Å²) in [7, 11) is 1.85. The molecule has 0 radical (unpaired) electrons. The van der Waals surface area contributed by atoms with Crippen LogP contribution in [0.3, 0.4) is 0 Å². The van der Waals surface area contributed by atoms with Crippen molar-refractivity contribution in [2.24, 2.45) is 5.92 Å². The molecular weight excluding hydrogens is 166 g/mol. The van der Waals surface area contributed by atoms with Gasteiger partial charge in [-0.05, 0) is 26.7 Å². The van der Waals surface area contributed by atoms with E-state index in [9.17, 15) is 4.79 Å². The third-order valence-corrected chi connectivity index (χ3v) is 2.18. The van der Waals surface area contributed by atoms with Crippen molar-refractivity contribution in [1.82, 2.24) is 4.90 Å². The highest BCUT2D eigenvalue weighted by Crippen LogP contribution is 2.30. The lowest BCUT2D eigenvalue weighted by atomic mass is 10.3. The zero-order valence-corrected chi connectivity index (χ0v) is 8.75. The quantitative estimate of drug-likeness (QED) is 0.645. The van der Waals surface area contributed by atoms with Gasteiger partial charge in [0.25, 0.3) is 0 Å². The Morgan fingerprint density at radius 1 is 1.54 bits per heavy atom. The lowest BCUT2D eigenvalue weighted by Crippen LogP contribution is -2.31. The second-order valence-electron chi connectivity index (χ2n) is 3.95. The maximum Gasteiger partial charge on any atom is 0.225 e. The molecule has 1 fully saturated rings. The van der Waals surface area contributed by atoms with Crippen molar-refractivity contribution >= 4 is 5.91 Å². The fraction of sp³-hybridized carbons (Fsp3) is 0.900. The molecule has 0 unspecified atom stereocenters. The number of hydrogen-bond acceptors (Lipinski definition) is 2. The number of carbonyl (C=O) groups excluding carboxylic acids is 1. The highest BCUT2D eigenvalue weighted by molar-refractivity contribution is 5.80. The van der Waals surface area contributed by atoms with Gasteiger partial charge in [-0.2, -0.15) is 0 Å². The zero-order valence-electron chi connectivity index (χ0n) is 8.75. The number of hydrogen-bond donors (Lipinski definition) is 0. The van der Waals surface area contributed by atoms with Crippen LogP contribution in [0.4, 0.5) is 0 Å². The Kier molecular flexibility index (Phi) is 3.72. The predicted octanol–water partition coefficient (Wildman–Crippen LogP) is 1.28. The van der Waals surface area contributed by atoms with Gasteiger partial charge in [-0.25, -0.2) is 0 Å². The Hall–Kier alpha value is -0.570. The van der Waals surface area contributed by atoms with Gasteiger partial charge in [-0.15, -0.1) is 0 Å². The second-order valence-corrected chi connectivity index (χ2v) is 3.95. The van der Waals surface area contributed by atoms with Crippen LogP contribution in [0.2, 0.25) is 0 Å². The monoisotopic (exact) mass is 185 g/mol. The van der Waals surface area contributed by atoms with Crippen molar-refractivity contribution in [3.8, 4) is 0 Å². The van der Waals surface area contributed by atoms with Crippen LogP contribution in [0.25, 0.3) is 0 Å². The minimum absolute atomic E-state index is 0.254. The van der Waals surface area contributed by atoms with Crippen molar-refractivity contribution in [3.63, 3.8) is 0 Å². The first-order chi connectivity index (χ1) is 6.11. The summed E-state index contributed by atoms with van der Waals surface area (Å²) in [5.74, 6) is 0.608. The topological polar surface area (TPSA) is 29.5 Å². The molecule has 0 spiro atoms. The molecule has 13 heavy (non-hydrogen) atoms. The van der Waals surface area contributed by atoms with E-state index in [1.54, 1.807) is 4.90 Å². The fourth-order valence-electron chi connectivity index (χ4n) is 1.18. The molecule has 1 aliphatic rings. The number of likely N-dealkylation sites (N-methyl/N-ethyl adjacent to an activating group) is 1. The Bertz CT molecular complexity index is 176. The molecule has 1 rings (SSSR count). The van der Waals surface area contributed by atoms with E-state index >= 15 is 0 Å². The van der Waals surface area contributed by atoms with Crippen molar-refractivity contribution in [3.05, 3.63) is 0 Å². The molecule has 0 N–H and O–H groups in total. The van der Waals surface area contributed by atoms with Gasteiger partial charge in [0.05, 0.1) is 12.7 Å². The van der Waals surface area contributed by atoms with E-state index in [1.165, 1.54) is 0 Å². The summed E-state index contributed by atoms with van der Waals surface area (Å²) in [4.78, 5) is 13.2. The molecule has 3 nitrogen and oxygen atoms in total. The Morgan fingerprint density at radius 2 is 2.15 bits per heavy atom. The Labute approximate surface area is 80.1 Å². The SMILES string of the molecule is CC(C)OCCN(C)C(=O)C1CC1. The Balaban J connectivity index is 2.09. The lowest BCUT2D eigenvalue weighted by Gasteiger charge is -2.17. The van der Waals surface area contributed by atoms with Crippen LogP contribution >= 0.6 is 0 Å². The van der Waals surface area contributed by atoms with Gasteiger partial charge in [0.15, 0.2) is 0 Å². The van der Waals surface area contributed by atoms with Crippen LogP contribution in [0, 0.1) is 5.92 Å². The number of rotatable bonds is 5. The third kappa shape index (κ3) is 3.77. The maximum atomic E-state index is 11.5. The second kappa shape index (κ2) is 4.61. The fourth-order valence-corrected chi connectivity index (χ4v) is 1.18. The molecule has 3 heteroatoms. The van der Waals surface area contributed by atoms with Gasteiger partial charge >= 0.3 is 0 Å². The zero-order chi connectivity index (χ0) is 9.84. The number of ether oxygens (including phenoxy) is 1. The van der Waals surface area contributed by atoms with Crippen molar-refractivity contribution in [2.45, 2.75) is 32.8 Å². The van der Waals surface area contributed by atoms with E-state index in [0.717, 1.165) is 12.8 Å². The first-order valence-corrected chi connectivity index (χ1v) is 4.98. The molecule has 0 atom stereocenters. The summed E-state index contributed by atoms with van der Waals surface area (Å²) in [5.41, 5.74) is 0. The average Bonchev–Trinajstić information content (AvgIpc) is 2.84. The minimum atomic E-state index is 0.254. The van der Waals surface area contributed by atoms with Crippen LogP contribution in [0.1, 0.15) is 26.7 Å². The van der Waals surface area contributed by atoms with Gasteiger partial charge in [0.1, 0.15) is 0 Å². The van der Waals surface area contributed by atoms with Crippen LogP contribution in [-0.4, -0.2) is 37.1 Å². The van der Waals surface area contributed by atoms with E-state index in [4.69, 9.17) is 4.74 Å². The molecule has 0 aromatic rings. The third-order valence-electron chi connectivity index (χ3n) is 2.18. The molecule has 76 valence electrons. The molecule has 0 aliphatic heterocycles. The highest BCUT2D eigenvalue weighted by atomic mass is 16.5. The predicted molar refractivity (Wildman–Crippen MR) is 51.4 cm³/mol. The summed E-state index contributed by atoms with van der Waals surface area (Å²) in [6.07, 6.45) is 2.41. The maximum absolute atomic E-state index is 11.5. The van der Waals surface area contributed by atoms with Gasteiger partial charge in [0.2, 0.25) is 5.91 Å². The van der Waals surface area contributed by atoms with Gasteiger partial charge in [-0.3, -0.25) is 4.79 Å². The van der Waals surface area contributed by atoms with Gasteiger partial charge in [-0.1, -0.05) is 0 Å². The average molecular weight is 185 g/mol. The molecule has 0 heterocycles. The largest absolute Gasteiger partial charge is 0.377 e. The lowest BCUT2D eigenvalue weighted by molar-refractivity contribution is -0.132. The van der Waals surface area contributed by atoms with Crippen LogP contribution < -0.4 is 0 Å². The van der Waals surface area contributed by atoms with Crippen LogP contribution in [0.5, 0.6) is 0 Å². The number of amides is 1. The van der Waals surface area contributed by atoms with Crippen molar-refractivity contribution < 1.29 is 9.53 Å². The smallest absolute Gasteiger partial charge is 0.225 e. The Morgan fingerprint density at radius 3 is 2.62 bits per heavy atom. The van der Waals surface area contributed by atoms with E-state index in [-0.39, 0.29) is 12.0 Å². The molecule has 0 aromatic carbocycles. The molecule has 1 amide bonds. The molecule has 1 aliphatic carbocycles.